The second kappa shape index (κ2) is 7.55. The van der Waals surface area contributed by atoms with Crippen molar-refractivity contribution < 1.29 is 9.50 Å². The molecule has 0 unspecified atom stereocenters. The van der Waals surface area contributed by atoms with Crippen LogP contribution in [0.4, 0.5) is 4.39 Å². The Morgan fingerprint density at radius 2 is 1.92 bits per heavy atom. The lowest BCUT2D eigenvalue weighted by molar-refractivity contribution is 0.108. The Labute approximate surface area is 146 Å². The molecule has 0 aliphatic rings. The number of rotatable bonds is 6. The van der Waals surface area contributed by atoms with E-state index in [-0.39, 0.29) is 11.9 Å². The molecule has 130 valence electrons. The van der Waals surface area contributed by atoms with Crippen LogP contribution in [0.3, 0.4) is 0 Å². The van der Waals surface area contributed by atoms with E-state index in [4.69, 9.17) is 0 Å². The maximum absolute atomic E-state index is 13.3. The van der Waals surface area contributed by atoms with Crippen LogP contribution >= 0.6 is 0 Å². The van der Waals surface area contributed by atoms with Gasteiger partial charge in [-0.3, -0.25) is 4.90 Å². The fourth-order valence-corrected chi connectivity index (χ4v) is 2.75. The van der Waals surface area contributed by atoms with Crippen LogP contribution in [-0.4, -0.2) is 38.4 Å². The van der Waals surface area contributed by atoms with E-state index < -0.39 is 6.10 Å². The number of aliphatic hydroxyl groups excluding tert-OH is 1. The molecule has 0 aliphatic heterocycles. The lowest BCUT2D eigenvalue weighted by Gasteiger charge is -2.27. The van der Waals surface area contributed by atoms with E-state index in [0.29, 0.717) is 12.1 Å². The third kappa shape index (κ3) is 4.10. The number of likely N-dealkylation sites (N-methyl/N-ethyl adjacent to an activating group) is 1. The molecule has 0 fully saturated rings. The van der Waals surface area contributed by atoms with Crippen molar-refractivity contribution in [3.05, 3.63) is 78.1 Å². The molecule has 2 aromatic carbocycles. The molecule has 0 saturated carbocycles. The van der Waals surface area contributed by atoms with Gasteiger partial charge in [-0.2, -0.15) is 5.10 Å². The van der Waals surface area contributed by atoms with Crippen LogP contribution in [0.25, 0.3) is 5.69 Å². The Kier molecular flexibility index (Phi) is 5.21. The molecular formula is C19H21FN4O. The zero-order valence-corrected chi connectivity index (χ0v) is 14.2. The van der Waals surface area contributed by atoms with Gasteiger partial charge in [-0.1, -0.05) is 24.3 Å². The quantitative estimate of drug-likeness (QED) is 0.749. The van der Waals surface area contributed by atoms with Crippen molar-refractivity contribution in [3.8, 4) is 5.69 Å². The molecule has 5 nitrogen and oxygen atoms in total. The number of benzene rings is 2. The zero-order valence-electron chi connectivity index (χ0n) is 14.2. The molecule has 0 radical (unpaired) electrons. The van der Waals surface area contributed by atoms with Crippen molar-refractivity contribution in [2.75, 3.05) is 13.6 Å². The van der Waals surface area contributed by atoms with Gasteiger partial charge in [0.2, 0.25) is 0 Å². The van der Waals surface area contributed by atoms with E-state index in [1.54, 1.807) is 23.1 Å². The first-order valence-corrected chi connectivity index (χ1v) is 8.13. The third-order valence-electron chi connectivity index (χ3n) is 4.41. The van der Waals surface area contributed by atoms with Crippen LogP contribution in [0.2, 0.25) is 0 Å². The summed E-state index contributed by atoms with van der Waals surface area (Å²) in [6, 6.07) is 14.2. The van der Waals surface area contributed by atoms with Crippen LogP contribution < -0.4 is 0 Å². The normalized spacial score (nSPS) is 13.8. The summed E-state index contributed by atoms with van der Waals surface area (Å²) in [6.45, 7) is 2.48. The first-order valence-electron chi connectivity index (χ1n) is 8.13. The SMILES string of the molecule is C[C@H](c1ccc(-n2cncn2)cc1)N(C)C[C@@H](O)c1cccc(F)c1. The van der Waals surface area contributed by atoms with E-state index in [9.17, 15) is 9.50 Å². The molecule has 0 bridgehead atoms. The van der Waals surface area contributed by atoms with Crippen molar-refractivity contribution in [3.63, 3.8) is 0 Å². The summed E-state index contributed by atoms with van der Waals surface area (Å²) < 4.78 is 15.0. The van der Waals surface area contributed by atoms with Gasteiger partial charge in [0.1, 0.15) is 18.5 Å². The van der Waals surface area contributed by atoms with Gasteiger partial charge in [-0.25, -0.2) is 14.1 Å². The van der Waals surface area contributed by atoms with Gasteiger partial charge in [0.25, 0.3) is 0 Å². The maximum Gasteiger partial charge on any atom is 0.138 e. The second-order valence-electron chi connectivity index (χ2n) is 6.12. The average Bonchev–Trinajstić information content (AvgIpc) is 3.16. The highest BCUT2D eigenvalue weighted by Crippen LogP contribution is 2.23. The minimum absolute atomic E-state index is 0.105. The third-order valence-corrected chi connectivity index (χ3v) is 4.41. The molecule has 25 heavy (non-hydrogen) atoms. The van der Waals surface area contributed by atoms with Gasteiger partial charge in [0.15, 0.2) is 0 Å². The molecular weight excluding hydrogens is 319 g/mol. The maximum atomic E-state index is 13.3. The lowest BCUT2D eigenvalue weighted by Crippen LogP contribution is -2.27. The van der Waals surface area contributed by atoms with Crippen LogP contribution in [0.15, 0.2) is 61.2 Å². The van der Waals surface area contributed by atoms with Gasteiger partial charge in [0.05, 0.1) is 11.8 Å². The van der Waals surface area contributed by atoms with E-state index >= 15 is 0 Å². The first kappa shape index (κ1) is 17.3. The highest BCUT2D eigenvalue weighted by atomic mass is 19.1. The number of hydrogen-bond donors (Lipinski definition) is 1. The Morgan fingerprint density at radius 3 is 2.56 bits per heavy atom. The van der Waals surface area contributed by atoms with Crippen molar-refractivity contribution in [1.29, 1.82) is 0 Å². The fraction of sp³-hybridized carbons (Fsp3) is 0.263. The van der Waals surface area contributed by atoms with Crippen molar-refractivity contribution in [2.45, 2.75) is 19.1 Å². The standard InChI is InChI=1S/C19H21FN4O/c1-14(15-6-8-18(9-7-15)24-13-21-12-22-24)23(2)11-19(25)16-4-3-5-17(20)10-16/h3-10,12-14,19,25H,11H2,1-2H3/t14-,19-/m1/s1. The second-order valence-corrected chi connectivity index (χ2v) is 6.12. The molecule has 0 saturated heterocycles. The summed E-state index contributed by atoms with van der Waals surface area (Å²) in [7, 11) is 1.94. The summed E-state index contributed by atoms with van der Waals surface area (Å²) in [5, 5.41) is 14.5. The smallest absolute Gasteiger partial charge is 0.138 e. The minimum atomic E-state index is -0.738. The van der Waals surface area contributed by atoms with Crippen LogP contribution in [-0.2, 0) is 0 Å². The molecule has 6 heteroatoms. The number of nitrogens with zero attached hydrogens (tertiary/aromatic N) is 4. The molecule has 1 aromatic heterocycles. The number of aromatic nitrogens is 3. The minimum Gasteiger partial charge on any atom is -0.387 e. The number of halogens is 1. The van der Waals surface area contributed by atoms with Crippen LogP contribution in [0, 0.1) is 5.82 Å². The molecule has 3 rings (SSSR count). The van der Waals surface area contributed by atoms with Crippen molar-refractivity contribution in [2.24, 2.45) is 0 Å². The average molecular weight is 340 g/mol. The highest BCUT2D eigenvalue weighted by molar-refractivity contribution is 5.34. The molecule has 0 amide bonds. The molecule has 0 spiro atoms. The van der Waals surface area contributed by atoms with E-state index in [0.717, 1.165) is 11.3 Å². The molecule has 0 aliphatic carbocycles. The van der Waals surface area contributed by atoms with E-state index in [1.807, 2.05) is 36.2 Å². The van der Waals surface area contributed by atoms with Gasteiger partial charge in [-0.15, -0.1) is 0 Å². The first-order chi connectivity index (χ1) is 12.0. The van der Waals surface area contributed by atoms with Crippen LogP contribution in [0.5, 0.6) is 0 Å². The lowest BCUT2D eigenvalue weighted by atomic mass is 10.0. The van der Waals surface area contributed by atoms with Crippen LogP contribution in [0.1, 0.15) is 30.2 Å². The summed E-state index contributed by atoms with van der Waals surface area (Å²) in [4.78, 5) is 5.98. The molecule has 1 heterocycles. The topological polar surface area (TPSA) is 54.2 Å². The molecule has 3 aromatic rings. The predicted molar refractivity (Wildman–Crippen MR) is 93.8 cm³/mol. The van der Waals surface area contributed by atoms with Gasteiger partial charge < -0.3 is 5.11 Å². The largest absolute Gasteiger partial charge is 0.387 e. The number of hydrogen-bond acceptors (Lipinski definition) is 4. The number of aliphatic hydroxyl groups is 1. The van der Waals surface area contributed by atoms with E-state index in [2.05, 4.69) is 17.0 Å². The van der Waals surface area contributed by atoms with Gasteiger partial charge in [0, 0.05) is 12.6 Å². The fourth-order valence-electron chi connectivity index (χ4n) is 2.75. The predicted octanol–water partition coefficient (Wildman–Crippen LogP) is 3.13. The Balaban J connectivity index is 1.66. The van der Waals surface area contributed by atoms with Gasteiger partial charge >= 0.3 is 0 Å². The Bertz CT molecular complexity index is 805. The van der Waals surface area contributed by atoms with Crippen molar-refractivity contribution >= 4 is 0 Å². The Hall–Kier alpha value is -2.57. The summed E-state index contributed by atoms with van der Waals surface area (Å²) in [5.74, 6) is -0.337. The molecule has 2 atom stereocenters. The highest BCUT2D eigenvalue weighted by Gasteiger charge is 2.17. The van der Waals surface area contributed by atoms with E-state index in [1.165, 1.54) is 18.5 Å². The molecule has 1 N–H and O–H groups in total. The Morgan fingerprint density at radius 1 is 1.16 bits per heavy atom. The summed E-state index contributed by atoms with van der Waals surface area (Å²) in [5.41, 5.74) is 2.65. The van der Waals surface area contributed by atoms with Gasteiger partial charge in [-0.05, 0) is 49.4 Å². The zero-order chi connectivity index (χ0) is 17.8. The summed E-state index contributed by atoms with van der Waals surface area (Å²) >= 11 is 0. The summed E-state index contributed by atoms with van der Waals surface area (Å²) in [6.07, 6.45) is 2.41. The monoisotopic (exact) mass is 340 g/mol. The van der Waals surface area contributed by atoms with Crippen molar-refractivity contribution in [1.82, 2.24) is 19.7 Å².